The van der Waals surface area contributed by atoms with Crippen LogP contribution in [-0.4, -0.2) is 63.0 Å². The largest absolute Gasteiger partial charge is 0.371 e. The third-order valence-corrected chi connectivity index (χ3v) is 5.78. The van der Waals surface area contributed by atoms with E-state index in [1.807, 2.05) is 60.8 Å². The van der Waals surface area contributed by atoms with Gasteiger partial charge in [0.15, 0.2) is 0 Å². The summed E-state index contributed by atoms with van der Waals surface area (Å²) < 4.78 is 0. The molecule has 1 aliphatic heterocycles. The van der Waals surface area contributed by atoms with Gasteiger partial charge in [0.05, 0.1) is 10.4 Å². The second-order valence-electron chi connectivity index (χ2n) is 7.29. The predicted molar refractivity (Wildman–Crippen MR) is 114 cm³/mol. The lowest BCUT2D eigenvalue weighted by molar-refractivity contribution is 0.0933. The van der Waals surface area contributed by atoms with E-state index in [0.29, 0.717) is 12.1 Å². The lowest BCUT2D eigenvalue weighted by Crippen LogP contribution is -2.45. The molecule has 1 aromatic carbocycles. The monoisotopic (exact) mass is 400 g/mol. The number of nitrogens with one attached hydrogen (secondary N) is 2. The van der Waals surface area contributed by atoms with Gasteiger partial charge in [0.25, 0.3) is 11.8 Å². The molecule has 2 aromatic rings. The molecule has 1 saturated heterocycles. The van der Waals surface area contributed by atoms with Crippen molar-refractivity contribution in [3.05, 3.63) is 52.2 Å². The molecule has 150 valence electrons. The summed E-state index contributed by atoms with van der Waals surface area (Å²) in [5.74, 6) is -0.0281. The van der Waals surface area contributed by atoms with Crippen LogP contribution in [0.15, 0.2) is 41.8 Å². The maximum atomic E-state index is 12.6. The number of hydrogen-bond acceptors (Lipinski definition) is 5. The van der Waals surface area contributed by atoms with Crippen molar-refractivity contribution in [3.63, 3.8) is 0 Å². The van der Waals surface area contributed by atoms with E-state index in [-0.39, 0.29) is 17.9 Å². The minimum absolute atomic E-state index is 0.00844. The van der Waals surface area contributed by atoms with Crippen molar-refractivity contribution >= 4 is 28.8 Å². The summed E-state index contributed by atoms with van der Waals surface area (Å²) in [6.07, 6.45) is 1.74. The first kappa shape index (κ1) is 20.4. The van der Waals surface area contributed by atoms with Crippen molar-refractivity contribution in [2.45, 2.75) is 18.9 Å². The Morgan fingerprint density at radius 2 is 1.86 bits per heavy atom. The van der Waals surface area contributed by atoms with E-state index in [9.17, 15) is 9.59 Å². The first-order valence-corrected chi connectivity index (χ1v) is 10.5. The molecule has 0 atom stereocenters. The van der Waals surface area contributed by atoms with Gasteiger partial charge >= 0.3 is 0 Å². The van der Waals surface area contributed by atoms with Crippen molar-refractivity contribution in [1.29, 1.82) is 0 Å². The van der Waals surface area contributed by atoms with Gasteiger partial charge in [-0.05, 0) is 50.5 Å². The number of para-hydroxylation sites is 1. The van der Waals surface area contributed by atoms with Gasteiger partial charge in [-0.15, -0.1) is 11.3 Å². The number of hydrogen-bond donors (Lipinski definition) is 2. The predicted octanol–water partition coefficient (Wildman–Crippen LogP) is 2.44. The maximum absolute atomic E-state index is 12.6. The van der Waals surface area contributed by atoms with E-state index >= 15 is 0 Å². The molecule has 0 bridgehead atoms. The number of thiophene rings is 1. The number of piperidine rings is 1. The Bertz CT molecular complexity index is 783. The van der Waals surface area contributed by atoms with Crippen molar-refractivity contribution in [2.75, 3.05) is 45.2 Å². The van der Waals surface area contributed by atoms with Crippen molar-refractivity contribution < 1.29 is 9.59 Å². The Labute approximate surface area is 170 Å². The Hall–Kier alpha value is -2.38. The molecule has 28 heavy (non-hydrogen) atoms. The molecule has 0 aliphatic carbocycles. The fraction of sp³-hybridized carbons (Fsp3) is 0.429. The van der Waals surface area contributed by atoms with Crippen LogP contribution in [0.1, 0.15) is 32.9 Å². The smallest absolute Gasteiger partial charge is 0.261 e. The minimum Gasteiger partial charge on any atom is -0.371 e. The van der Waals surface area contributed by atoms with Gasteiger partial charge < -0.3 is 20.4 Å². The zero-order valence-corrected chi connectivity index (χ0v) is 17.3. The molecule has 2 heterocycles. The number of likely N-dealkylation sites (N-methyl/N-ethyl adjacent to an activating group) is 1. The fourth-order valence-corrected chi connectivity index (χ4v) is 3.99. The van der Waals surface area contributed by atoms with E-state index in [1.54, 1.807) is 0 Å². The molecule has 2 N–H and O–H groups in total. The summed E-state index contributed by atoms with van der Waals surface area (Å²) in [5, 5.41) is 8.04. The fourth-order valence-electron chi connectivity index (χ4n) is 3.36. The average Bonchev–Trinajstić information content (AvgIpc) is 3.23. The van der Waals surface area contributed by atoms with Gasteiger partial charge in [-0.2, -0.15) is 0 Å². The van der Waals surface area contributed by atoms with Crippen molar-refractivity contribution in [3.8, 4) is 0 Å². The number of anilines is 1. The quantitative estimate of drug-likeness (QED) is 0.749. The summed E-state index contributed by atoms with van der Waals surface area (Å²) in [5.41, 5.74) is 1.68. The van der Waals surface area contributed by atoms with Gasteiger partial charge in [-0.1, -0.05) is 18.2 Å². The molecule has 1 fully saturated rings. The highest BCUT2D eigenvalue weighted by Crippen LogP contribution is 2.24. The summed E-state index contributed by atoms with van der Waals surface area (Å²) in [4.78, 5) is 29.9. The number of amides is 2. The number of benzene rings is 1. The first-order valence-electron chi connectivity index (χ1n) is 9.66. The third-order valence-electron chi connectivity index (χ3n) is 4.91. The van der Waals surface area contributed by atoms with E-state index in [1.165, 1.54) is 11.3 Å². The Kier molecular flexibility index (Phi) is 7.06. The zero-order valence-electron chi connectivity index (χ0n) is 16.5. The van der Waals surface area contributed by atoms with Crippen molar-refractivity contribution in [2.24, 2.45) is 0 Å². The molecule has 0 radical (unpaired) electrons. The van der Waals surface area contributed by atoms with Crippen LogP contribution >= 0.6 is 11.3 Å². The van der Waals surface area contributed by atoms with Crippen LogP contribution in [0.3, 0.4) is 0 Å². The molecule has 2 amide bonds. The number of carbonyl (C=O) groups is 2. The van der Waals surface area contributed by atoms with Crippen LogP contribution in [0.2, 0.25) is 0 Å². The molecule has 0 saturated carbocycles. The normalized spacial score (nSPS) is 14.9. The van der Waals surface area contributed by atoms with Gasteiger partial charge in [-0.3, -0.25) is 9.59 Å². The van der Waals surface area contributed by atoms with Gasteiger partial charge in [0.1, 0.15) is 0 Å². The third kappa shape index (κ3) is 5.33. The van der Waals surface area contributed by atoms with Crippen LogP contribution in [0, 0.1) is 0 Å². The second kappa shape index (κ2) is 9.71. The molecule has 3 rings (SSSR count). The number of carbonyl (C=O) groups excluding carboxylic acids is 2. The highest BCUT2D eigenvalue weighted by atomic mass is 32.1. The van der Waals surface area contributed by atoms with Crippen LogP contribution in [-0.2, 0) is 0 Å². The molecule has 0 spiro atoms. The molecule has 0 unspecified atom stereocenters. The molecule has 1 aliphatic rings. The highest BCUT2D eigenvalue weighted by Gasteiger charge is 2.24. The zero-order chi connectivity index (χ0) is 19.9. The molecule has 7 heteroatoms. The minimum atomic E-state index is -0.0365. The Morgan fingerprint density at radius 3 is 2.54 bits per heavy atom. The van der Waals surface area contributed by atoms with Crippen molar-refractivity contribution in [1.82, 2.24) is 15.5 Å². The molecule has 1 aromatic heterocycles. The second-order valence-corrected chi connectivity index (χ2v) is 8.24. The molecule has 6 nitrogen and oxygen atoms in total. The van der Waals surface area contributed by atoms with Crippen LogP contribution < -0.4 is 15.5 Å². The number of nitrogens with zero attached hydrogens (tertiary/aromatic N) is 2. The SMILES string of the molecule is CN(C)CCNC(=O)c1ccccc1N1CCC(NC(=O)c2cccs2)CC1. The summed E-state index contributed by atoms with van der Waals surface area (Å²) >= 11 is 1.46. The lowest BCUT2D eigenvalue weighted by Gasteiger charge is -2.34. The van der Waals surface area contributed by atoms with Gasteiger partial charge in [0.2, 0.25) is 0 Å². The summed E-state index contributed by atoms with van der Waals surface area (Å²) in [6.45, 7) is 3.06. The van der Waals surface area contributed by atoms with Crippen LogP contribution in [0.4, 0.5) is 5.69 Å². The standard InChI is InChI=1S/C21H28N4O2S/c1-24(2)14-11-22-20(26)17-6-3-4-7-18(17)25-12-9-16(10-13-25)23-21(27)19-8-5-15-28-19/h3-8,15-16H,9-14H2,1-2H3,(H,22,26)(H,23,27). The first-order chi connectivity index (χ1) is 13.5. The van der Waals surface area contributed by atoms with E-state index in [0.717, 1.165) is 43.0 Å². The summed E-state index contributed by atoms with van der Waals surface area (Å²) in [7, 11) is 3.98. The maximum Gasteiger partial charge on any atom is 0.261 e. The average molecular weight is 401 g/mol. The molecular weight excluding hydrogens is 372 g/mol. The van der Waals surface area contributed by atoms with Crippen LogP contribution in [0.25, 0.3) is 0 Å². The number of rotatable bonds is 7. The lowest BCUT2D eigenvalue weighted by atomic mass is 10.0. The van der Waals surface area contributed by atoms with Crippen LogP contribution in [0.5, 0.6) is 0 Å². The Morgan fingerprint density at radius 1 is 1.11 bits per heavy atom. The van der Waals surface area contributed by atoms with E-state index in [4.69, 9.17) is 0 Å². The van der Waals surface area contributed by atoms with E-state index in [2.05, 4.69) is 15.5 Å². The topological polar surface area (TPSA) is 64.7 Å². The Balaban J connectivity index is 1.57. The highest BCUT2D eigenvalue weighted by molar-refractivity contribution is 7.12. The molecular formula is C21H28N4O2S. The van der Waals surface area contributed by atoms with Gasteiger partial charge in [0, 0.05) is 37.9 Å². The van der Waals surface area contributed by atoms with E-state index < -0.39 is 0 Å². The summed E-state index contributed by atoms with van der Waals surface area (Å²) in [6, 6.07) is 11.7. The van der Waals surface area contributed by atoms with Gasteiger partial charge in [-0.25, -0.2) is 0 Å².